The van der Waals surface area contributed by atoms with Gasteiger partial charge in [0.15, 0.2) is 11.0 Å². The SMILES string of the molecule is CCCc1nc(Cl)c(N)c(NC)n1. The lowest BCUT2D eigenvalue weighted by atomic mass is 10.3. The molecule has 3 N–H and O–H groups in total. The quantitative estimate of drug-likeness (QED) is 0.730. The van der Waals surface area contributed by atoms with Crippen molar-refractivity contribution in [2.24, 2.45) is 0 Å². The van der Waals surface area contributed by atoms with E-state index in [2.05, 4.69) is 22.2 Å². The van der Waals surface area contributed by atoms with Gasteiger partial charge in [0.1, 0.15) is 11.5 Å². The third kappa shape index (κ3) is 2.21. The Bertz CT molecular complexity index is 300. The van der Waals surface area contributed by atoms with Crippen molar-refractivity contribution in [3.05, 3.63) is 11.0 Å². The number of anilines is 2. The van der Waals surface area contributed by atoms with Gasteiger partial charge in [0.05, 0.1) is 0 Å². The van der Waals surface area contributed by atoms with E-state index in [1.165, 1.54) is 0 Å². The van der Waals surface area contributed by atoms with Gasteiger partial charge in [0, 0.05) is 13.5 Å². The number of hydrogen-bond donors (Lipinski definition) is 2. The standard InChI is InChI=1S/C8H13ClN4/c1-3-4-5-12-7(9)6(10)8(11-2)13-5/h3-4,10H2,1-2H3,(H,11,12,13). The largest absolute Gasteiger partial charge is 0.393 e. The number of nitrogen functional groups attached to an aromatic ring is 1. The monoisotopic (exact) mass is 200 g/mol. The van der Waals surface area contributed by atoms with Crippen LogP contribution < -0.4 is 11.1 Å². The van der Waals surface area contributed by atoms with E-state index in [0.29, 0.717) is 16.7 Å². The van der Waals surface area contributed by atoms with Crippen molar-refractivity contribution < 1.29 is 0 Å². The molecule has 0 aliphatic rings. The lowest BCUT2D eigenvalue weighted by Gasteiger charge is -2.07. The normalized spacial score (nSPS) is 10.1. The Hall–Kier alpha value is -1.03. The van der Waals surface area contributed by atoms with Gasteiger partial charge < -0.3 is 11.1 Å². The Kier molecular flexibility index (Phi) is 3.31. The van der Waals surface area contributed by atoms with E-state index in [4.69, 9.17) is 17.3 Å². The van der Waals surface area contributed by atoms with Crippen LogP contribution in [0.15, 0.2) is 0 Å². The van der Waals surface area contributed by atoms with E-state index in [0.717, 1.165) is 18.7 Å². The van der Waals surface area contributed by atoms with Crippen molar-refractivity contribution in [2.45, 2.75) is 19.8 Å². The fraction of sp³-hybridized carbons (Fsp3) is 0.500. The fourth-order valence-electron chi connectivity index (χ4n) is 1.01. The van der Waals surface area contributed by atoms with Crippen LogP contribution in [0.3, 0.4) is 0 Å². The summed E-state index contributed by atoms with van der Waals surface area (Å²) in [5.41, 5.74) is 6.05. The van der Waals surface area contributed by atoms with Crippen LogP contribution in [0.5, 0.6) is 0 Å². The van der Waals surface area contributed by atoms with Gasteiger partial charge >= 0.3 is 0 Å². The highest BCUT2D eigenvalue weighted by Gasteiger charge is 2.07. The van der Waals surface area contributed by atoms with Gasteiger partial charge in [-0.2, -0.15) is 0 Å². The van der Waals surface area contributed by atoms with Crippen molar-refractivity contribution in [1.29, 1.82) is 0 Å². The molecule has 1 aromatic heterocycles. The number of aromatic nitrogens is 2. The molecule has 0 saturated heterocycles. The average Bonchev–Trinajstić information content (AvgIpc) is 2.11. The zero-order valence-electron chi connectivity index (χ0n) is 7.76. The minimum Gasteiger partial charge on any atom is -0.393 e. The predicted octanol–water partition coefficient (Wildman–Crippen LogP) is 1.71. The smallest absolute Gasteiger partial charge is 0.157 e. The van der Waals surface area contributed by atoms with Crippen molar-refractivity contribution in [3.63, 3.8) is 0 Å². The summed E-state index contributed by atoms with van der Waals surface area (Å²) in [6.45, 7) is 2.06. The van der Waals surface area contributed by atoms with Crippen molar-refractivity contribution >= 4 is 23.1 Å². The molecule has 0 atom stereocenters. The first kappa shape index (κ1) is 10.1. The molecule has 13 heavy (non-hydrogen) atoms. The second kappa shape index (κ2) is 4.28. The molecule has 5 heteroatoms. The zero-order valence-corrected chi connectivity index (χ0v) is 8.52. The molecule has 0 aliphatic carbocycles. The van der Waals surface area contributed by atoms with Crippen LogP contribution in [0.2, 0.25) is 5.15 Å². The average molecular weight is 201 g/mol. The molecule has 1 rings (SSSR count). The lowest BCUT2D eigenvalue weighted by Crippen LogP contribution is -2.05. The van der Waals surface area contributed by atoms with Gasteiger partial charge in [-0.05, 0) is 6.42 Å². The Labute approximate surface area is 82.5 Å². The summed E-state index contributed by atoms with van der Waals surface area (Å²) in [5.74, 6) is 1.33. The van der Waals surface area contributed by atoms with Crippen LogP contribution in [0.25, 0.3) is 0 Å². The van der Waals surface area contributed by atoms with Gasteiger partial charge in [-0.15, -0.1) is 0 Å². The minimum atomic E-state index is 0.322. The lowest BCUT2D eigenvalue weighted by molar-refractivity contribution is 0.837. The van der Waals surface area contributed by atoms with Crippen LogP contribution >= 0.6 is 11.6 Å². The summed E-state index contributed by atoms with van der Waals surface area (Å²) in [5, 5.41) is 3.20. The maximum absolute atomic E-state index is 5.82. The molecule has 0 unspecified atom stereocenters. The number of nitrogens with one attached hydrogen (secondary N) is 1. The maximum atomic E-state index is 5.82. The van der Waals surface area contributed by atoms with Crippen LogP contribution in [0.1, 0.15) is 19.2 Å². The van der Waals surface area contributed by atoms with Gasteiger partial charge in [-0.25, -0.2) is 9.97 Å². The molecule has 4 nitrogen and oxygen atoms in total. The van der Waals surface area contributed by atoms with E-state index in [-0.39, 0.29) is 0 Å². The molecule has 0 fully saturated rings. The highest BCUT2D eigenvalue weighted by atomic mass is 35.5. The molecule has 0 spiro atoms. The highest BCUT2D eigenvalue weighted by molar-refractivity contribution is 6.32. The molecule has 0 bridgehead atoms. The number of hydrogen-bond acceptors (Lipinski definition) is 4. The second-order valence-electron chi connectivity index (χ2n) is 2.69. The minimum absolute atomic E-state index is 0.322. The van der Waals surface area contributed by atoms with Crippen molar-refractivity contribution in [1.82, 2.24) is 9.97 Å². The van der Waals surface area contributed by atoms with Gasteiger partial charge in [0.2, 0.25) is 0 Å². The van der Waals surface area contributed by atoms with Crippen molar-refractivity contribution in [3.8, 4) is 0 Å². The first-order valence-corrected chi connectivity index (χ1v) is 4.56. The number of aryl methyl sites for hydroxylation is 1. The van der Waals surface area contributed by atoms with Crippen LogP contribution in [0, 0.1) is 0 Å². The molecular weight excluding hydrogens is 188 g/mol. The first-order valence-electron chi connectivity index (χ1n) is 4.18. The Morgan fingerprint density at radius 1 is 1.46 bits per heavy atom. The predicted molar refractivity (Wildman–Crippen MR) is 55.0 cm³/mol. The van der Waals surface area contributed by atoms with Crippen LogP contribution in [-0.4, -0.2) is 17.0 Å². The van der Waals surface area contributed by atoms with E-state index in [9.17, 15) is 0 Å². The zero-order chi connectivity index (χ0) is 9.84. The number of nitrogens with two attached hydrogens (primary N) is 1. The summed E-state index contributed by atoms with van der Waals surface area (Å²) in [7, 11) is 1.75. The molecular formula is C8H13ClN4. The van der Waals surface area contributed by atoms with Gasteiger partial charge in [0.25, 0.3) is 0 Å². The fourth-order valence-corrected chi connectivity index (χ4v) is 1.20. The molecule has 1 aromatic rings. The molecule has 0 radical (unpaired) electrons. The van der Waals surface area contributed by atoms with E-state index in [1.54, 1.807) is 7.05 Å². The summed E-state index contributed by atoms with van der Waals surface area (Å²) in [6.07, 6.45) is 1.80. The van der Waals surface area contributed by atoms with Crippen LogP contribution in [0.4, 0.5) is 11.5 Å². The number of halogens is 1. The summed E-state index contributed by atoms with van der Waals surface area (Å²) in [4.78, 5) is 8.27. The maximum Gasteiger partial charge on any atom is 0.157 e. The number of rotatable bonds is 3. The van der Waals surface area contributed by atoms with E-state index < -0.39 is 0 Å². The third-order valence-corrected chi connectivity index (χ3v) is 1.94. The topological polar surface area (TPSA) is 63.8 Å². The van der Waals surface area contributed by atoms with Gasteiger partial charge in [-0.3, -0.25) is 0 Å². The van der Waals surface area contributed by atoms with E-state index >= 15 is 0 Å². The summed E-state index contributed by atoms with van der Waals surface area (Å²) in [6, 6.07) is 0. The van der Waals surface area contributed by atoms with E-state index in [1.807, 2.05) is 0 Å². The Morgan fingerprint density at radius 3 is 2.69 bits per heavy atom. The first-order chi connectivity index (χ1) is 6.19. The molecule has 0 saturated carbocycles. The second-order valence-corrected chi connectivity index (χ2v) is 3.05. The summed E-state index contributed by atoms with van der Waals surface area (Å²) >= 11 is 5.82. The van der Waals surface area contributed by atoms with Gasteiger partial charge in [-0.1, -0.05) is 18.5 Å². The molecule has 1 heterocycles. The summed E-state index contributed by atoms with van der Waals surface area (Å²) < 4.78 is 0. The van der Waals surface area contributed by atoms with Crippen LogP contribution in [-0.2, 0) is 6.42 Å². The third-order valence-electron chi connectivity index (χ3n) is 1.66. The Balaban J connectivity index is 3.06. The molecule has 0 aromatic carbocycles. The molecule has 0 aliphatic heterocycles. The molecule has 0 amide bonds. The molecule has 72 valence electrons. The van der Waals surface area contributed by atoms with Crippen molar-refractivity contribution in [2.75, 3.05) is 18.1 Å². The number of nitrogens with zero attached hydrogens (tertiary/aromatic N) is 2. The highest BCUT2D eigenvalue weighted by Crippen LogP contribution is 2.23. The Morgan fingerprint density at radius 2 is 2.15 bits per heavy atom.